The van der Waals surface area contributed by atoms with Crippen molar-refractivity contribution in [1.82, 2.24) is 0 Å². The summed E-state index contributed by atoms with van der Waals surface area (Å²) in [6.45, 7) is 2.66. The molecule has 0 aliphatic heterocycles. The fourth-order valence-corrected chi connectivity index (χ4v) is 1.54. The van der Waals surface area contributed by atoms with E-state index in [1.165, 1.54) is 13.8 Å². The molecule has 0 fully saturated rings. The average molecular weight is 276 g/mol. The van der Waals surface area contributed by atoms with Gasteiger partial charge in [-0.3, -0.25) is 19.2 Å². The molecule has 6 nitrogen and oxygen atoms in total. The lowest BCUT2D eigenvalue weighted by Crippen LogP contribution is -2.16. The fraction of sp³-hybridized carbons (Fsp3) is 0.286. The number of benzene rings is 1. The molecule has 0 atom stereocenters. The van der Waals surface area contributed by atoms with E-state index in [9.17, 15) is 19.2 Å². The molecule has 1 aromatic carbocycles. The Morgan fingerprint density at radius 1 is 0.850 bits per heavy atom. The van der Waals surface area contributed by atoms with Crippen molar-refractivity contribution < 1.29 is 19.2 Å². The van der Waals surface area contributed by atoms with Gasteiger partial charge in [-0.05, 0) is 32.0 Å². The maximum absolute atomic E-state index is 11.4. The Hall–Kier alpha value is -2.50. The minimum absolute atomic E-state index is 0.194. The van der Waals surface area contributed by atoms with Crippen molar-refractivity contribution in [2.24, 2.45) is 0 Å². The summed E-state index contributed by atoms with van der Waals surface area (Å²) in [5.41, 5.74) is 0.939. The highest BCUT2D eigenvalue weighted by molar-refractivity contribution is 6.05. The largest absolute Gasteiger partial charge is 0.326 e. The van der Waals surface area contributed by atoms with Gasteiger partial charge >= 0.3 is 0 Å². The van der Waals surface area contributed by atoms with Crippen LogP contribution in [0.4, 0.5) is 11.4 Å². The van der Waals surface area contributed by atoms with Crippen LogP contribution in [0, 0.1) is 0 Å². The van der Waals surface area contributed by atoms with E-state index in [2.05, 4.69) is 10.6 Å². The second-order valence-electron chi connectivity index (χ2n) is 4.43. The molecule has 0 spiro atoms. The molecular weight excluding hydrogens is 260 g/mol. The Balaban J connectivity index is 2.66. The zero-order valence-corrected chi connectivity index (χ0v) is 11.4. The van der Waals surface area contributed by atoms with Crippen LogP contribution in [0.25, 0.3) is 0 Å². The predicted molar refractivity (Wildman–Crippen MR) is 74.3 cm³/mol. The van der Waals surface area contributed by atoms with Gasteiger partial charge in [0.2, 0.25) is 11.8 Å². The summed E-state index contributed by atoms with van der Waals surface area (Å²) in [4.78, 5) is 44.5. The van der Waals surface area contributed by atoms with Gasteiger partial charge in [-0.1, -0.05) is 6.07 Å². The lowest BCUT2D eigenvalue weighted by molar-refractivity contribution is -0.125. The summed E-state index contributed by atoms with van der Waals surface area (Å²) < 4.78 is 0. The summed E-state index contributed by atoms with van der Waals surface area (Å²) in [7, 11) is 0. The number of hydrogen-bond acceptors (Lipinski definition) is 4. The molecule has 2 N–H and O–H groups in total. The topological polar surface area (TPSA) is 92.3 Å². The molecule has 0 aliphatic rings. The second-order valence-corrected chi connectivity index (χ2v) is 4.43. The number of carbonyl (C=O) groups is 4. The molecular formula is C14H16N2O4. The molecule has 0 saturated carbocycles. The number of ketones is 2. The quantitative estimate of drug-likeness (QED) is 0.770. The molecule has 2 amide bonds. The van der Waals surface area contributed by atoms with Crippen molar-refractivity contribution in [3.05, 3.63) is 24.3 Å². The number of carbonyl (C=O) groups excluding carboxylic acids is 4. The summed E-state index contributed by atoms with van der Waals surface area (Å²) in [5, 5.41) is 5.10. The standard InChI is InChI=1S/C14H16N2O4/c1-9(17)6-13(19)15-11-4-3-5-12(8-11)16-14(20)7-10(2)18/h3-5,8H,6-7H2,1-2H3,(H,15,19)(H,16,20). The van der Waals surface area contributed by atoms with Gasteiger partial charge in [0.25, 0.3) is 0 Å². The summed E-state index contributed by atoms with van der Waals surface area (Å²) in [6, 6.07) is 6.47. The predicted octanol–water partition coefficient (Wildman–Crippen LogP) is 1.52. The molecule has 20 heavy (non-hydrogen) atoms. The van der Waals surface area contributed by atoms with Gasteiger partial charge in [-0.25, -0.2) is 0 Å². The van der Waals surface area contributed by atoms with Crippen molar-refractivity contribution in [3.8, 4) is 0 Å². The molecule has 0 heterocycles. The number of rotatable bonds is 6. The molecule has 6 heteroatoms. The zero-order valence-electron chi connectivity index (χ0n) is 11.4. The van der Waals surface area contributed by atoms with E-state index >= 15 is 0 Å². The lowest BCUT2D eigenvalue weighted by atomic mass is 10.2. The minimum Gasteiger partial charge on any atom is -0.326 e. The first kappa shape index (κ1) is 15.6. The highest BCUT2D eigenvalue weighted by Gasteiger charge is 2.08. The zero-order chi connectivity index (χ0) is 15.1. The average Bonchev–Trinajstić information content (AvgIpc) is 2.26. The molecule has 106 valence electrons. The smallest absolute Gasteiger partial charge is 0.231 e. The van der Waals surface area contributed by atoms with Crippen LogP contribution in [0.15, 0.2) is 24.3 Å². The maximum Gasteiger partial charge on any atom is 0.231 e. The maximum atomic E-state index is 11.4. The molecule has 1 aromatic rings. The Bertz CT molecular complexity index is 507. The molecule has 0 unspecified atom stereocenters. The fourth-order valence-electron chi connectivity index (χ4n) is 1.54. The second kappa shape index (κ2) is 7.18. The van der Waals surface area contributed by atoms with Crippen molar-refractivity contribution in [3.63, 3.8) is 0 Å². The first-order valence-corrected chi connectivity index (χ1v) is 6.05. The van der Waals surface area contributed by atoms with E-state index < -0.39 is 11.8 Å². The summed E-state index contributed by atoms with van der Waals surface area (Å²) in [6.07, 6.45) is -0.387. The van der Waals surface area contributed by atoms with Gasteiger partial charge in [0, 0.05) is 11.4 Å². The first-order valence-electron chi connectivity index (χ1n) is 6.05. The number of amides is 2. The third-order valence-electron chi connectivity index (χ3n) is 2.25. The highest BCUT2D eigenvalue weighted by atomic mass is 16.2. The van der Waals surface area contributed by atoms with E-state index in [-0.39, 0.29) is 24.4 Å². The van der Waals surface area contributed by atoms with Crippen LogP contribution in [-0.4, -0.2) is 23.4 Å². The van der Waals surface area contributed by atoms with Crippen molar-refractivity contribution in [2.75, 3.05) is 10.6 Å². The van der Waals surface area contributed by atoms with Gasteiger partial charge in [-0.2, -0.15) is 0 Å². The highest BCUT2D eigenvalue weighted by Crippen LogP contribution is 2.15. The van der Waals surface area contributed by atoms with Gasteiger partial charge in [0.05, 0.1) is 12.8 Å². The lowest BCUT2D eigenvalue weighted by Gasteiger charge is -2.08. The molecule has 0 saturated heterocycles. The molecule has 1 rings (SSSR count). The molecule has 0 aromatic heterocycles. The Morgan fingerprint density at radius 3 is 1.60 bits per heavy atom. The number of hydrogen-bond donors (Lipinski definition) is 2. The van der Waals surface area contributed by atoms with Crippen LogP contribution >= 0.6 is 0 Å². The number of anilines is 2. The van der Waals surface area contributed by atoms with E-state index in [0.29, 0.717) is 11.4 Å². The monoisotopic (exact) mass is 276 g/mol. The third-order valence-corrected chi connectivity index (χ3v) is 2.25. The van der Waals surface area contributed by atoms with E-state index in [1.54, 1.807) is 24.3 Å². The first-order chi connectivity index (χ1) is 9.36. The Labute approximate surface area is 116 Å². The van der Waals surface area contributed by atoms with Crippen LogP contribution in [0.5, 0.6) is 0 Å². The Kier molecular flexibility index (Phi) is 5.58. The van der Waals surface area contributed by atoms with Crippen molar-refractivity contribution in [2.45, 2.75) is 26.7 Å². The Morgan fingerprint density at radius 2 is 1.25 bits per heavy atom. The SMILES string of the molecule is CC(=O)CC(=O)Nc1cccc(NC(=O)CC(C)=O)c1. The van der Waals surface area contributed by atoms with Gasteiger partial charge < -0.3 is 10.6 Å². The molecule has 0 aliphatic carbocycles. The normalized spacial score (nSPS) is 9.70. The van der Waals surface area contributed by atoms with Crippen molar-refractivity contribution in [1.29, 1.82) is 0 Å². The summed E-state index contributed by atoms with van der Waals surface area (Å²) in [5.74, 6) is -1.28. The molecule has 0 radical (unpaired) electrons. The van der Waals surface area contributed by atoms with Gasteiger partial charge in [0.1, 0.15) is 11.6 Å². The minimum atomic E-state index is -0.412. The van der Waals surface area contributed by atoms with Crippen LogP contribution in [0.3, 0.4) is 0 Å². The van der Waals surface area contributed by atoms with Crippen molar-refractivity contribution >= 4 is 34.8 Å². The van der Waals surface area contributed by atoms with Crippen LogP contribution < -0.4 is 10.6 Å². The summed E-state index contributed by atoms with van der Waals surface area (Å²) >= 11 is 0. The van der Waals surface area contributed by atoms with Crippen LogP contribution in [0.1, 0.15) is 26.7 Å². The number of nitrogens with one attached hydrogen (secondary N) is 2. The van der Waals surface area contributed by atoms with E-state index in [1.807, 2.05) is 0 Å². The van der Waals surface area contributed by atoms with Crippen LogP contribution in [-0.2, 0) is 19.2 Å². The number of Topliss-reactive ketones (excluding diaryl/α,β-unsaturated/α-hetero) is 2. The van der Waals surface area contributed by atoms with Crippen LogP contribution in [0.2, 0.25) is 0 Å². The van der Waals surface area contributed by atoms with E-state index in [4.69, 9.17) is 0 Å². The van der Waals surface area contributed by atoms with E-state index in [0.717, 1.165) is 0 Å². The van der Waals surface area contributed by atoms with Gasteiger partial charge in [-0.15, -0.1) is 0 Å². The van der Waals surface area contributed by atoms with Gasteiger partial charge in [0.15, 0.2) is 0 Å². The third kappa shape index (κ3) is 5.90. The molecule has 0 bridgehead atoms.